The van der Waals surface area contributed by atoms with Gasteiger partial charge in [0.1, 0.15) is 0 Å². The van der Waals surface area contributed by atoms with E-state index in [0.29, 0.717) is 11.3 Å². The number of hydrogen-bond donors (Lipinski definition) is 2. The number of aryl methyl sites for hydroxylation is 1. The van der Waals surface area contributed by atoms with Crippen molar-refractivity contribution in [3.63, 3.8) is 0 Å². The van der Waals surface area contributed by atoms with Crippen LogP contribution < -0.4 is 10.6 Å². The van der Waals surface area contributed by atoms with Crippen LogP contribution in [0.5, 0.6) is 0 Å². The maximum absolute atomic E-state index is 12.2. The summed E-state index contributed by atoms with van der Waals surface area (Å²) in [6.45, 7) is 5.47. The molecule has 0 aliphatic rings. The largest absolute Gasteiger partial charge is 0.383 e. The lowest BCUT2D eigenvalue weighted by Gasteiger charge is -2.09. The van der Waals surface area contributed by atoms with Gasteiger partial charge in [-0.3, -0.25) is 14.5 Å². The van der Waals surface area contributed by atoms with E-state index in [0.717, 1.165) is 18.8 Å². The SMILES string of the molecule is CCNc1cnccc1C(=O)Nc1cnn(CC)c1. The number of anilines is 2. The molecule has 2 N–H and O–H groups in total. The summed E-state index contributed by atoms with van der Waals surface area (Å²) < 4.78 is 1.76. The molecular formula is C13H17N5O. The Morgan fingerprint density at radius 3 is 2.89 bits per heavy atom. The van der Waals surface area contributed by atoms with Crippen LogP contribution >= 0.6 is 0 Å². The van der Waals surface area contributed by atoms with E-state index in [1.54, 1.807) is 35.5 Å². The summed E-state index contributed by atoms with van der Waals surface area (Å²) in [7, 11) is 0. The zero-order valence-electron chi connectivity index (χ0n) is 11.1. The highest BCUT2D eigenvalue weighted by Crippen LogP contribution is 2.15. The van der Waals surface area contributed by atoms with Crippen molar-refractivity contribution in [1.29, 1.82) is 0 Å². The molecule has 19 heavy (non-hydrogen) atoms. The van der Waals surface area contributed by atoms with Crippen LogP contribution in [0.15, 0.2) is 30.9 Å². The van der Waals surface area contributed by atoms with Gasteiger partial charge in [-0.15, -0.1) is 0 Å². The van der Waals surface area contributed by atoms with E-state index in [9.17, 15) is 4.79 Å². The number of nitrogens with zero attached hydrogens (tertiary/aromatic N) is 3. The fraction of sp³-hybridized carbons (Fsp3) is 0.308. The van der Waals surface area contributed by atoms with E-state index in [-0.39, 0.29) is 5.91 Å². The van der Waals surface area contributed by atoms with Crippen LogP contribution in [0.2, 0.25) is 0 Å². The van der Waals surface area contributed by atoms with Crippen LogP contribution in [0.3, 0.4) is 0 Å². The molecule has 100 valence electrons. The van der Waals surface area contributed by atoms with Crippen molar-refractivity contribution in [3.05, 3.63) is 36.4 Å². The molecule has 0 aliphatic heterocycles. The van der Waals surface area contributed by atoms with Crippen LogP contribution in [-0.2, 0) is 6.54 Å². The summed E-state index contributed by atoms with van der Waals surface area (Å²) in [5.74, 6) is -0.172. The first-order chi connectivity index (χ1) is 9.24. The molecule has 0 radical (unpaired) electrons. The van der Waals surface area contributed by atoms with Gasteiger partial charge in [-0.05, 0) is 19.9 Å². The predicted octanol–water partition coefficient (Wildman–Crippen LogP) is 1.98. The van der Waals surface area contributed by atoms with E-state index in [1.165, 1.54) is 0 Å². The lowest BCUT2D eigenvalue weighted by molar-refractivity contribution is 0.102. The van der Waals surface area contributed by atoms with Crippen LogP contribution in [0.25, 0.3) is 0 Å². The molecule has 0 aliphatic carbocycles. The van der Waals surface area contributed by atoms with Crippen molar-refractivity contribution >= 4 is 17.3 Å². The molecule has 0 fully saturated rings. The van der Waals surface area contributed by atoms with Gasteiger partial charge in [0.25, 0.3) is 5.91 Å². The highest BCUT2D eigenvalue weighted by molar-refractivity contribution is 6.07. The van der Waals surface area contributed by atoms with E-state index < -0.39 is 0 Å². The van der Waals surface area contributed by atoms with E-state index in [4.69, 9.17) is 0 Å². The average molecular weight is 259 g/mol. The fourth-order valence-electron chi connectivity index (χ4n) is 1.72. The number of hydrogen-bond acceptors (Lipinski definition) is 4. The molecule has 2 aromatic heterocycles. The van der Waals surface area contributed by atoms with Crippen molar-refractivity contribution in [2.24, 2.45) is 0 Å². The molecule has 0 saturated heterocycles. The first-order valence-electron chi connectivity index (χ1n) is 6.26. The van der Waals surface area contributed by atoms with Gasteiger partial charge in [0.2, 0.25) is 0 Å². The van der Waals surface area contributed by atoms with E-state index >= 15 is 0 Å². The summed E-state index contributed by atoms with van der Waals surface area (Å²) in [6, 6.07) is 1.69. The van der Waals surface area contributed by atoms with Crippen molar-refractivity contribution in [1.82, 2.24) is 14.8 Å². The molecule has 0 bridgehead atoms. The maximum atomic E-state index is 12.2. The van der Waals surface area contributed by atoms with Gasteiger partial charge in [-0.2, -0.15) is 5.10 Å². The molecular weight excluding hydrogens is 242 g/mol. The Kier molecular flexibility index (Phi) is 4.12. The maximum Gasteiger partial charge on any atom is 0.257 e. The van der Waals surface area contributed by atoms with Crippen LogP contribution in [0.1, 0.15) is 24.2 Å². The topological polar surface area (TPSA) is 71.8 Å². The smallest absolute Gasteiger partial charge is 0.257 e. The van der Waals surface area contributed by atoms with Crippen LogP contribution in [-0.4, -0.2) is 27.2 Å². The zero-order chi connectivity index (χ0) is 13.7. The number of pyridine rings is 1. The first-order valence-corrected chi connectivity index (χ1v) is 6.26. The molecule has 0 atom stereocenters. The predicted molar refractivity (Wildman–Crippen MR) is 74.3 cm³/mol. The van der Waals surface area contributed by atoms with E-state index in [2.05, 4.69) is 20.7 Å². The van der Waals surface area contributed by atoms with Gasteiger partial charge in [-0.1, -0.05) is 0 Å². The third-order valence-corrected chi connectivity index (χ3v) is 2.65. The monoisotopic (exact) mass is 259 g/mol. The number of carbonyl (C=O) groups excluding carboxylic acids is 1. The van der Waals surface area contributed by atoms with Gasteiger partial charge in [-0.25, -0.2) is 0 Å². The number of nitrogens with one attached hydrogen (secondary N) is 2. The van der Waals surface area contributed by atoms with Crippen molar-refractivity contribution in [3.8, 4) is 0 Å². The molecule has 0 spiro atoms. The van der Waals surface area contributed by atoms with Gasteiger partial charge < -0.3 is 10.6 Å². The van der Waals surface area contributed by atoms with Gasteiger partial charge in [0, 0.05) is 25.5 Å². The summed E-state index contributed by atoms with van der Waals surface area (Å²) in [5, 5.41) is 10.1. The van der Waals surface area contributed by atoms with Crippen LogP contribution in [0.4, 0.5) is 11.4 Å². The summed E-state index contributed by atoms with van der Waals surface area (Å²) in [4.78, 5) is 16.2. The number of amides is 1. The molecule has 6 heteroatoms. The minimum absolute atomic E-state index is 0.172. The number of aromatic nitrogens is 3. The average Bonchev–Trinajstić information content (AvgIpc) is 2.87. The van der Waals surface area contributed by atoms with Gasteiger partial charge in [0.05, 0.1) is 29.3 Å². The lowest BCUT2D eigenvalue weighted by Crippen LogP contribution is -2.14. The van der Waals surface area contributed by atoms with Crippen molar-refractivity contribution in [2.45, 2.75) is 20.4 Å². The Labute approximate surface area is 111 Å². The molecule has 1 amide bonds. The molecule has 2 heterocycles. The zero-order valence-corrected chi connectivity index (χ0v) is 11.1. The minimum atomic E-state index is -0.172. The molecule has 0 saturated carbocycles. The number of rotatable bonds is 5. The summed E-state index contributed by atoms with van der Waals surface area (Å²) >= 11 is 0. The van der Waals surface area contributed by atoms with Crippen molar-refractivity contribution in [2.75, 3.05) is 17.2 Å². The number of carbonyl (C=O) groups is 1. The van der Waals surface area contributed by atoms with Gasteiger partial charge in [0.15, 0.2) is 0 Å². The van der Waals surface area contributed by atoms with E-state index in [1.807, 2.05) is 13.8 Å². The van der Waals surface area contributed by atoms with Gasteiger partial charge >= 0.3 is 0 Å². The molecule has 2 rings (SSSR count). The summed E-state index contributed by atoms with van der Waals surface area (Å²) in [5.41, 5.74) is 1.98. The Balaban J connectivity index is 2.15. The molecule has 0 unspecified atom stereocenters. The minimum Gasteiger partial charge on any atom is -0.383 e. The highest BCUT2D eigenvalue weighted by atomic mass is 16.1. The Morgan fingerprint density at radius 1 is 1.37 bits per heavy atom. The quantitative estimate of drug-likeness (QED) is 0.861. The summed E-state index contributed by atoms with van der Waals surface area (Å²) in [6.07, 6.45) is 6.68. The van der Waals surface area contributed by atoms with Crippen LogP contribution in [0, 0.1) is 0 Å². The Morgan fingerprint density at radius 2 is 2.21 bits per heavy atom. The normalized spacial score (nSPS) is 10.2. The second kappa shape index (κ2) is 5.99. The third-order valence-electron chi connectivity index (χ3n) is 2.65. The third kappa shape index (κ3) is 3.09. The second-order valence-corrected chi connectivity index (χ2v) is 3.99. The molecule has 6 nitrogen and oxygen atoms in total. The Hall–Kier alpha value is -2.37. The highest BCUT2D eigenvalue weighted by Gasteiger charge is 2.11. The molecule has 2 aromatic rings. The fourth-order valence-corrected chi connectivity index (χ4v) is 1.72. The first kappa shape index (κ1) is 13.1. The second-order valence-electron chi connectivity index (χ2n) is 3.99. The Bertz CT molecular complexity index is 564. The lowest BCUT2D eigenvalue weighted by atomic mass is 10.2. The molecule has 0 aromatic carbocycles. The standard InChI is InChI=1S/C13H17N5O/c1-3-15-12-8-14-6-5-11(12)13(19)17-10-7-16-18(4-2)9-10/h5-9,15H,3-4H2,1-2H3,(H,17,19). The van der Waals surface area contributed by atoms with Crippen molar-refractivity contribution < 1.29 is 4.79 Å².